The van der Waals surface area contributed by atoms with Crippen molar-refractivity contribution in [2.75, 3.05) is 0 Å². The number of ether oxygens (including phenoxy) is 1. The first-order valence-corrected chi connectivity index (χ1v) is 7.05. The Kier molecular flexibility index (Phi) is 4.70. The Morgan fingerprint density at radius 1 is 1.19 bits per heavy atom. The largest absolute Gasteiger partial charge is 0.457 e. The smallest absolute Gasteiger partial charge is 0.274 e. The molecule has 2 aromatic rings. The summed E-state index contributed by atoms with van der Waals surface area (Å²) in [6.45, 7) is 1.80. The second kappa shape index (κ2) is 6.49. The number of carbonyl (C=O) groups excluding carboxylic acids is 1. The van der Waals surface area contributed by atoms with Crippen LogP contribution in [0.25, 0.3) is 0 Å². The Bertz CT molecular complexity index is 683. The highest BCUT2D eigenvalue weighted by Crippen LogP contribution is 2.29. The minimum atomic E-state index is -0.485. The van der Waals surface area contributed by atoms with Crippen LogP contribution in [0.1, 0.15) is 23.7 Å². The van der Waals surface area contributed by atoms with E-state index in [0.717, 1.165) is 0 Å². The number of benzene rings is 2. The zero-order valence-electron chi connectivity index (χ0n) is 11.2. The van der Waals surface area contributed by atoms with E-state index in [-0.39, 0.29) is 11.5 Å². The Hall–Kier alpha value is -2.21. The molecule has 0 aliphatic rings. The lowest BCUT2D eigenvalue weighted by Crippen LogP contribution is -1.96. The van der Waals surface area contributed by atoms with Gasteiger partial charge in [0.15, 0.2) is 5.78 Å². The normalized spacial score (nSPS) is 10.2. The van der Waals surface area contributed by atoms with Gasteiger partial charge in [0.1, 0.15) is 11.5 Å². The number of rotatable bonds is 5. The molecule has 0 aliphatic heterocycles. The zero-order chi connectivity index (χ0) is 15.4. The Morgan fingerprint density at radius 2 is 1.86 bits per heavy atom. The van der Waals surface area contributed by atoms with E-state index in [1.165, 1.54) is 12.1 Å². The van der Waals surface area contributed by atoms with Crippen LogP contribution in [-0.2, 0) is 0 Å². The van der Waals surface area contributed by atoms with Gasteiger partial charge in [-0.25, -0.2) is 0 Å². The summed E-state index contributed by atoms with van der Waals surface area (Å²) in [6, 6.07) is 11.1. The second-order valence-electron chi connectivity index (χ2n) is 4.31. The molecule has 6 heteroatoms. The maximum absolute atomic E-state index is 11.5. The highest BCUT2D eigenvalue weighted by atomic mass is 79.9. The van der Waals surface area contributed by atoms with Gasteiger partial charge in [-0.05, 0) is 30.3 Å². The van der Waals surface area contributed by atoms with Crippen LogP contribution < -0.4 is 4.74 Å². The lowest BCUT2D eigenvalue weighted by atomic mass is 10.1. The molecule has 0 saturated heterocycles. The molecule has 0 heterocycles. The minimum absolute atomic E-state index is 0.0552. The molecule has 0 N–H and O–H groups in total. The molecule has 0 radical (unpaired) electrons. The van der Waals surface area contributed by atoms with Crippen molar-refractivity contribution < 1.29 is 14.5 Å². The quantitative estimate of drug-likeness (QED) is 0.444. The summed E-state index contributed by atoms with van der Waals surface area (Å²) < 4.78 is 6.13. The number of non-ortho nitro benzene ring substituents is 1. The molecule has 0 unspecified atom stereocenters. The van der Waals surface area contributed by atoms with E-state index in [2.05, 4.69) is 15.9 Å². The first-order valence-electron chi connectivity index (χ1n) is 6.25. The van der Waals surface area contributed by atoms with Crippen molar-refractivity contribution in [3.63, 3.8) is 0 Å². The van der Waals surface area contributed by atoms with Gasteiger partial charge in [0, 0.05) is 22.5 Å². The van der Waals surface area contributed by atoms with Crippen molar-refractivity contribution >= 4 is 27.4 Å². The maximum Gasteiger partial charge on any atom is 0.274 e. The molecule has 0 fully saturated rings. The highest BCUT2D eigenvalue weighted by Gasteiger charge is 2.10. The molecule has 0 aromatic heterocycles. The van der Waals surface area contributed by atoms with Crippen molar-refractivity contribution in [1.29, 1.82) is 0 Å². The van der Waals surface area contributed by atoms with E-state index in [4.69, 9.17) is 4.74 Å². The second-order valence-corrected chi connectivity index (χ2v) is 5.22. The van der Waals surface area contributed by atoms with Gasteiger partial charge in [0.2, 0.25) is 0 Å². The van der Waals surface area contributed by atoms with Gasteiger partial charge in [-0.15, -0.1) is 0 Å². The molecular formula is C15H12BrNO4. The van der Waals surface area contributed by atoms with Crippen LogP contribution in [-0.4, -0.2) is 10.7 Å². The summed E-state index contributed by atoms with van der Waals surface area (Å²) in [5.41, 5.74) is 0.558. The summed E-state index contributed by atoms with van der Waals surface area (Å²) in [6.07, 6.45) is 0.442. The van der Waals surface area contributed by atoms with E-state index >= 15 is 0 Å². The number of nitro benzene ring substituents is 1. The average molecular weight is 350 g/mol. The monoisotopic (exact) mass is 349 g/mol. The third kappa shape index (κ3) is 3.88. The predicted molar refractivity (Wildman–Crippen MR) is 81.9 cm³/mol. The molecule has 0 amide bonds. The fourth-order valence-electron chi connectivity index (χ4n) is 1.76. The van der Waals surface area contributed by atoms with Crippen molar-refractivity contribution in [2.45, 2.75) is 13.3 Å². The standard InChI is InChI=1S/C15H12BrNO4/c1-2-15(18)10-3-5-13(6-4-10)21-14-8-11(16)7-12(9-14)17(19)20/h3-9H,2H2,1H3. The molecular weight excluding hydrogens is 338 g/mol. The van der Waals surface area contributed by atoms with Crippen LogP contribution in [0.2, 0.25) is 0 Å². The predicted octanol–water partition coefficient (Wildman–Crippen LogP) is 4.74. The Balaban J connectivity index is 2.22. The molecule has 2 rings (SSSR count). The number of carbonyl (C=O) groups is 1. The maximum atomic E-state index is 11.5. The van der Waals surface area contributed by atoms with E-state index in [1.54, 1.807) is 37.3 Å². The highest BCUT2D eigenvalue weighted by molar-refractivity contribution is 9.10. The van der Waals surface area contributed by atoms with Gasteiger partial charge >= 0.3 is 0 Å². The van der Waals surface area contributed by atoms with Crippen LogP contribution in [0.4, 0.5) is 5.69 Å². The van der Waals surface area contributed by atoms with Crippen LogP contribution in [0, 0.1) is 10.1 Å². The SMILES string of the molecule is CCC(=O)c1ccc(Oc2cc(Br)cc([N+](=O)[O-])c2)cc1. The number of hydrogen-bond acceptors (Lipinski definition) is 4. The first-order chi connectivity index (χ1) is 9.99. The molecule has 0 saturated carbocycles. The molecule has 2 aromatic carbocycles. The van der Waals surface area contributed by atoms with E-state index in [1.807, 2.05) is 0 Å². The first kappa shape index (κ1) is 15.2. The van der Waals surface area contributed by atoms with Crippen molar-refractivity contribution in [1.82, 2.24) is 0 Å². The summed E-state index contributed by atoms with van der Waals surface area (Å²) in [7, 11) is 0. The Morgan fingerprint density at radius 3 is 2.43 bits per heavy atom. The van der Waals surface area contributed by atoms with Crippen LogP contribution in [0.5, 0.6) is 11.5 Å². The van der Waals surface area contributed by atoms with E-state index < -0.39 is 4.92 Å². The van der Waals surface area contributed by atoms with Crippen LogP contribution in [0.3, 0.4) is 0 Å². The summed E-state index contributed by atoms with van der Waals surface area (Å²) in [5, 5.41) is 10.8. The molecule has 108 valence electrons. The summed E-state index contributed by atoms with van der Waals surface area (Å²) >= 11 is 3.21. The number of nitro groups is 1. The topological polar surface area (TPSA) is 69.4 Å². The number of Topliss-reactive ketones (excluding diaryl/α,β-unsaturated/α-hetero) is 1. The van der Waals surface area contributed by atoms with Gasteiger partial charge in [0.25, 0.3) is 5.69 Å². The van der Waals surface area contributed by atoms with Gasteiger partial charge in [-0.1, -0.05) is 22.9 Å². The summed E-state index contributed by atoms with van der Waals surface area (Å²) in [4.78, 5) is 21.8. The average Bonchev–Trinajstić information content (AvgIpc) is 2.46. The number of nitrogens with zero attached hydrogens (tertiary/aromatic N) is 1. The fraction of sp³-hybridized carbons (Fsp3) is 0.133. The minimum Gasteiger partial charge on any atom is -0.457 e. The molecule has 0 spiro atoms. The van der Waals surface area contributed by atoms with E-state index in [9.17, 15) is 14.9 Å². The third-order valence-corrected chi connectivity index (χ3v) is 3.26. The number of halogens is 1. The van der Waals surface area contributed by atoms with Crippen LogP contribution >= 0.6 is 15.9 Å². The van der Waals surface area contributed by atoms with Crippen molar-refractivity contribution in [3.05, 3.63) is 62.6 Å². The van der Waals surface area contributed by atoms with E-state index in [0.29, 0.717) is 28.0 Å². The molecule has 21 heavy (non-hydrogen) atoms. The van der Waals surface area contributed by atoms with Crippen LogP contribution in [0.15, 0.2) is 46.9 Å². The Labute approximate surface area is 129 Å². The van der Waals surface area contributed by atoms with Crippen molar-refractivity contribution in [3.8, 4) is 11.5 Å². The number of hydrogen-bond donors (Lipinski definition) is 0. The lowest BCUT2D eigenvalue weighted by molar-refractivity contribution is -0.385. The molecule has 0 aliphatic carbocycles. The van der Waals surface area contributed by atoms with Gasteiger partial charge in [-0.3, -0.25) is 14.9 Å². The number of ketones is 1. The molecule has 0 bridgehead atoms. The zero-order valence-corrected chi connectivity index (χ0v) is 12.8. The van der Waals surface area contributed by atoms with Gasteiger partial charge < -0.3 is 4.74 Å². The molecule has 0 atom stereocenters. The fourth-order valence-corrected chi connectivity index (χ4v) is 2.22. The molecule has 5 nitrogen and oxygen atoms in total. The summed E-state index contributed by atoms with van der Waals surface area (Å²) in [5.74, 6) is 0.917. The lowest BCUT2D eigenvalue weighted by Gasteiger charge is -2.07. The third-order valence-electron chi connectivity index (χ3n) is 2.80. The van der Waals surface area contributed by atoms with Gasteiger partial charge in [-0.2, -0.15) is 0 Å². The van der Waals surface area contributed by atoms with Gasteiger partial charge in [0.05, 0.1) is 11.0 Å². The van der Waals surface area contributed by atoms with Crippen molar-refractivity contribution in [2.24, 2.45) is 0 Å².